The van der Waals surface area contributed by atoms with E-state index in [9.17, 15) is 10.2 Å². The second-order valence-corrected chi connectivity index (χ2v) is 3.94. The van der Waals surface area contributed by atoms with Gasteiger partial charge in [-0.1, -0.05) is 0 Å². The molecule has 0 amide bonds. The standard InChI is InChI=1S/C10H12ClN3O2/c11-2-1-8(15)9(16)6-3-7-5-13-14-10(7)12-4-6/h3-5,8-9,15-16H,1-2H2,(H,12,13,14). The second kappa shape index (κ2) is 4.78. The van der Waals surface area contributed by atoms with E-state index in [0.29, 0.717) is 23.5 Å². The average Bonchev–Trinajstić information content (AvgIpc) is 2.75. The third-order valence-electron chi connectivity index (χ3n) is 2.42. The molecule has 0 fully saturated rings. The molecule has 5 nitrogen and oxygen atoms in total. The Morgan fingerprint density at radius 3 is 2.94 bits per heavy atom. The number of nitrogens with one attached hydrogen (secondary N) is 1. The SMILES string of the molecule is OC(CCCl)C(O)c1cnc2[nH]ncc2c1. The van der Waals surface area contributed by atoms with E-state index >= 15 is 0 Å². The molecule has 2 aromatic heterocycles. The van der Waals surface area contributed by atoms with Gasteiger partial charge < -0.3 is 10.2 Å². The number of fused-ring (bicyclic) bond motifs is 1. The second-order valence-electron chi connectivity index (χ2n) is 3.57. The van der Waals surface area contributed by atoms with Crippen molar-refractivity contribution in [2.75, 3.05) is 5.88 Å². The molecule has 2 rings (SSSR count). The Bertz CT molecular complexity index is 474. The van der Waals surface area contributed by atoms with Gasteiger partial charge in [-0.15, -0.1) is 11.6 Å². The number of alkyl halides is 1. The van der Waals surface area contributed by atoms with Crippen molar-refractivity contribution in [1.82, 2.24) is 15.2 Å². The zero-order valence-electron chi connectivity index (χ0n) is 8.47. The maximum atomic E-state index is 9.84. The van der Waals surface area contributed by atoms with Crippen molar-refractivity contribution >= 4 is 22.6 Å². The van der Waals surface area contributed by atoms with E-state index in [2.05, 4.69) is 15.2 Å². The van der Waals surface area contributed by atoms with Crippen molar-refractivity contribution in [3.05, 3.63) is 24.0 Å². The zero-order chi connectivity index (χ0) is 11.5. The molecule has 2 atom stereocenters. The fraction of sp³-hybridized carbons (Fsp3) is 0.400. The molecule has 0 aliphatic rings. The molecule has 2 heterocycles. The van der Waals surface area contributed by atoms with Gasteiger partial charge in [-0.3, -0.25) is 5.10 Å². The van der Waals surface area contributed by atoms with E-state index < -0.39 is 12.2 Å². The van der Waals surface area contributed by atoms with E-state index in [0.717, 1.165) is 5.39 Å². The number of aromatic amines is 1. The third-order valence-corrected chi connectivity index (χ3v) is 2.64. The van der Waals surface area contributed by atoms with Crippen LogP contribution < -0.4 is 0 Å². The molecule has 0 aliphatic heterocycles. The topological polar surface area (TPSA) is 82.0 Å². The minimum Gasteiger partial charge on any atom is -0.390 e. The van der Waals surface area contributed by atoms with Gasteiger partial charge in [-0.2, -0.15) is 5.10 Å². The van der Waals surface area contributed by atoms with Crippen molar-refractivity contribution in [3.8, 4) is 0 Å². The zero-order valence-corrected chi connectivity index (χ0v) is 9.22. The molecule has 0 spiro atoms. The summed E-state index contributed by atoms with van der Waals surface area (Å²) in [5, 5.41) is 26.8. The lowest BCUT2D eigenvalue weighted by atomic mass is 10.0. The predicted octanol–water partition coefficient (Wildman–Crippen LogP) is 0.981. The summed E-state index contributed by atoms with van der Waals surface area (Å²) in [4.78, 5) is 4.08. The fourth-order valence-corrected chi connectivity index (χ4v) is 1.73. The summed E-state index contributed by atoms with van der Waals surface area (Å²) in [7, 11) is 0. The Balaban J connectivity index is 2.24. The number of aromatic nitrogens is 3. The number of aliphatic hydroxyl groups is 2. The maximum Gasteiger partial charge on any atom is 0.155 e. The van der Waals surface area contributed by atoms with Crippen LogP contribution in [0.2, 0.25) is 0 Å². The molecule has 2 aromatic rings. The van der Waals surface area contributed by atoms with E-state index in [1.54, 1.807) is 12.3 Å². The summed E-state index contributed by atoms with van der Waals surface area (Å²) in [6.45, 7) is 0. The van der Waals surface area contributed by atoms with E-state index in [1.807, 2.05) is 0 Å². The van der Waals surface area contributed by atoms with Crippen LogP contribution >= 0.6 is 11.6 Å². The molecule has 0 aliphatic carbocycles. The van der Waals surface area contributed by atoms with Gasteiger partial charge in [0, 0.05) is 23.0 Å². The predicted molar refractivity (Wildman–Crippen MR) is 60.2 cm³/mol. The van der Waals surface area contributed by atoms with Gasteiger partial charge in [-0.05, 0) is 12.5 Å². The quantitative estimate of drug-likeness (QED) is 0.697. The van der Waals surface area contributed by atoms with Crippen molar-refractivity contribution in [3.63, 3.8) is 0 Å². The molecular formula is C10H12ClN3O2. The van der Waals surface area contributed by atoms with Crippen molar-refractivity contribution in [2.24, 2.45) is 0 Å². The first kappa shape index (κ1) is 11.3. The highest BCUT2D eigenvalue weighted by atomic mass is 35.5. The first-order valence-electron chi connectivity index (χ1n) is 4.93. The molecule has 0 saturated heterocycles. The Labute approximate surface area is 97.1 Å². The van der Waals surface area contributed by atoms with Crippen LogP contribution in [-0.4, -0.2) is 37.4 Å². The number of H-pyrrole nitrogens is 1. The number of halogens is 1. The Morgan fingerprint density at radius 2 is 2.19 bits per heavy atom. The molecule has 6 heteroatoms. The molecule has 3 N–H and O–H groups in total. The third kappa shape index (κ3) is 2.16. The van der Waals surface area contributed by atoms with Crippen LogP contribution in [0.1, 0.15) is 18.1 Å². The van der Waals surface area contributed by atoms with Crippen LogP contribution in [0.5, 0.6) is 0 Å². The normalized spacial score (nSPS) is 15.2. The first-order valence-corrected chi connectivity index (χ1v) is 5.47. The number of hydrogen-bond acceptors (Lipinski definition) is 4. The van der Waals surface area contributed by atoms with Gasteiger partial charge in [0.25, 0.3) is 0 Å². The average molecular weight is 242 g/mol. The van der Waals surface area contributed by atoms with Crippen molar-refractivity contribution < 1.29 is 10.2 Å². The van der Waals surface area contributed by atoms with Gasteiger partial charge in [0.1, 0.15) is 6.10 Å². The molecule has 0 bridgehead atoms. The highest BCUT2D eigenvalue weighted by Gasteiger charge is 2.18. The van der Waals surface area contributed by atoms with Gasteiger partial charge in [0.05, 0.1) is 12.3 Å². The molecule has 0 aromatic carbocycles. The van der Waals surface area contributed by atoms with Gasteiger partial charge in [0.2, 0.25) is 0 Å². The maximum absolute atomic E-state index is 9.84. The fourth-order valence-electron chi connectivity index (χ4n) is 1.51. The van der Waals surface area contributed by atoms with Crippen LogP contribution in [0.3, 0.4) is 0 Å². The largest absolute Gasteiger partial charge is 0.390 e. The minimum atomic E-state index is -0.967. The number of rotatable bonds is 4. The minimum absolute atomic E-state index is 0.305. The first-order chi connectivity index (χ1) is 7.72. The summed E-state index contributed by atoms with van der Waals surface area (Å²) in [5.74, 6) is 0.305. The van der Waals surface area contributed by atoms with Crippen LogP contribution in [0.25, 0.3) is 11.0 Å². The Morgan fingerprint density at radius 1 is 1.38 bits per heavy atom. The van der Waals surface area contributed by atoms with E-state index in [4.69, 9.17) is 11.6 Å². The summed E-state index contributed by atoms with van der Waals surface area (Å²) in [5.41, 5.74) is 1.22. The lowest BCUT2D eigenvalue weighted by Crippen LogP contribution is -2.18. The molecular weight excluding hydrogens is 230 g/mol. The number of hydrogen-bond donors (Lipinski definition) is 3. The molecule has 86 valence electrons. The van der Waals surface area contributed by atoms with Crippen LogP contribution in [-0.2, 0) is 0 Å². The van der Waals surface area contributed by atoms with Crippen LogP contribution in [0.4, 0.5) is 0 Å². The van der Waals surface area contributed by atoms with Crippen LogP contribution in [0.15, 0.2) is 18.5 Å². The summed E-state index contributed by atoms with van der Waals surface area (Å²) in [6, 6.07) is 1.74. The van der Waals surface area contributed by atoms with E-state index in [-0.39, 0.29) is 0 Å². The number of pyridine rings is 1. The van der Waals surface area contributed by atoms with Gasteiger partial charge in [0.15, 0.2) is 5.65 Å². The summed E-state index contributed by atoms with van der Waals surface area (Å²) < 4.78 is 0. The summed E-state index contributed by atoms with van der Waals surface area (Å²) >= 11 is 5.50. The Hall–Kier alpha value is -1.17. The number of aliphatic hydroxyl groups excluding tert-OH is 2. The van der Waals surface area contributed by atoms with Gasteiger partial charge in [-0.25, -0.2) is 4.98 Å². The molecule has 0 radical (unpaired) electrons. The number of nitrogens with zero attached hydrogens (tertiary/aromatic N) is 2. The smallest absolute Gasteiger partial charge is 0.155 e. The highest BCUT2D eigenvalue weighted by Crippen LogP contribution is 2.21. The Kier molecular flexibility index (Phi) is 3.38. The lowest BCUT2D eigenvalue weighted by molar-refractivity contribution is 0.0169. The molecule has 0 saturated carbocycles. The van der Waals surface area contributed by atoms with Crippen molar-refractivity contribution in [2.45, 2.75) is 18.6 Å². The lowest BCUT2D eigenvalue weighted by Gasteiger charge is -2.16. The summed E-state index contributed by atoms with van der Waals surface area (Å²) in [6.07, 6.45) is 1.63. The molecule has 2 unspecified atom stereocenters. The van der Waals surface area contributed by atoms with Crippen LogP contribution in [0, 0.1) is 0 Å². The van der Waals surface area contributed by atoms with E-state index in [1.165, 1.54) is 6.20 Å². The monoisotopic (exact) mass is 241 g/mol. The highest BCUT2D eigenvalue weighted by molar-refractivity contribution is 6.17. The van der Waals surface area contributed by atoms with Crippen molar-refractivity contribution in [1.29, 1.82) is 0 Å². The molecule has 16 heavy (non-hydrogen) atoms. The van der Waals surface area contributed by atoms with Gasteiger partial charge >= 0.3 is 0 Å².